The molecule has 0 aliphatic carbocycles. The number of ether oxygens (including phenoxy) is 4. The third kappa shape index (κ3) is 5.75. The van der Waals surface area contributed by atoms with E-state index in [0.29, 0.717) is 24.9 Å². The largest absolute Gasteiger partial charge is 0.573 e. The molecule has 0 radical (unpaired) electrons. The highest BCUT2D eigenvalue weighted by Gasteiger charge is 2.36. The molecule has 1 saturated heterocycles. The number of alkyl halides is 3. The van der Waals surface area contributed by atoms with E-state index >= 15 is 0 Å². The van der Waals surface area contributed by atoms with Gasteiger partial charge in [0.05, 0.1) is 6.54 Å². The Kier molecular flexibility index (Phi) is 6.12. The van der Waals surface area contributed by atoms with Crippen LogP contribution in [-0.2, 0) is 6.54 Å². The van der Waals surface area contributed by atoms with Crippen LogP contribution >= 0.6 is 0 Å². The Bertz CT molecular complexity index is 1100. The van der Waals surface area contributed by atoms with Crippen molar-refractivity contribution in [1.82, 2.24) is 9.55 Å². The first-order valence-electron chi connectivity index (χ1n) is 11.5. The number of rotatable bonds is 7. The van der Waals surface area contributed by atoms with Gasteiger partial charge in [-0.05, 0) is 55.5 Å². The van der Waals surface area contributed by atoms with Crippen LogP contribution < -0.4 is 23.8 Å². The molecule has 2 aliphatic heterocycles. The van der Waals surface area contributed by atoms with Gasteiger partial charge >= 0.3 is 6.36 Å². The van der Waals surface area contributed by atoms with Crippen molar-refractivity contribution in [2.24, 2.45) is 0 Å². The second kappa shape index (κ2) is 9.24. The van der Waals surface area contributed by atoms with Gasteiger partial charge in [0.1, 0.15) is 30.0 Å². The lowest BCUT2D eigenvalue weighted by Crippen LogP contribution is -2.38. The van der Waals surface area contributed by atoms with Gasteiger partial charge in [-0.2, -0.15) is 0 Å². The summed E-state index contributed by atoms with van der Waals surface area (Å²) in [7, 11) is 0. The lowest BCUT2D eigenvalue weighted by molar-refractivity contribution is -0.274. The molecule has 35 heavy (non-hydrogen) atoms. The number of imidazole rings is 1. The Morgan fingerprint density at radius 2 is 1.66 bits per heavy atom. The molecule has 3 heterocycles. The number of fused-ring (bicyclic) bond motifs is 1. The number of nitrogens with zero attached hydrogens (tertiary/aromatic N) is 3. The second-order valence-corrected chi connectivity index (χ2v) is 9.00. The van der Waals surface area contributed by atoms with Crippen LogP contribution in [-0.4, -0.2) is 47.3 Å². The van der Waals surface area contributed by atoms with Gasteiger partial charge in [0.2, 0.25) is 0 Å². The van der Waals surface area contributed by atoms with E-state index in [9.17, 15) is 13.2 Å². The highest BCUT2D eigenvalue weighted by Crippen LogP contribution is 2.30. The average Bonchev–Trinajstić information content (AvgIpc) is 3.38. The zero-order valence-corrected chi connectivity index (χ0v) is 19.2. The molecule has 7 nitrogen and oxygen atoms in total. The predicted molar refractivity (Wildman–Crippen MR) is 122 cm³/mol. The molecular formula is C25H26F3N3O4. The van der Waals surface area contributed by atoms with Crippen molar-refractivity contribution in [1.29, 1.82) is 0 Å². The fourth-order valence-electron chi connectivity index (χ4n) is 4.34. The van der Waals surface area contributed by atoms with Crippen LogP contribution in [0.4, 0.5) is 18.9 Å². The van der Waals surface area contributed by atoms with Crippen molar-refractivity contribution < 1.29 is 32.1 Å². The van der Waals surface area contributed by atoms with Crippen molar-refractivity contribution >= 4 is 5.69 Å². The minimum absolute atomic E-state index is 0.00470. The Labute approximate surface area is 201 Å². The maximum atomic E-state index is 12.3. The van der Waals surface area contributed by atoms with Crippen molar-refractivity contribution in [3.05, 3.63) is 60.9 Å². The van der Waals surface area contributed by atoms with E-state index < -0.39 is 12.0 Å². The smallest absolute Gasteiger partial charge is 0.490 e. The summed E-state index contributed by atoms with van der Waals surface area (Å²) in [5.74, 6) is 1.05. The summed E-state index contributed by atoms with van der Waals surface area (Å²) in [6, 6.07) is 14.1. The van der Waals surface area contributed by atoms with Gasteiger partial charge in [0, 0.05) is 44.0 Å². The van der Waals surface area contributed by atoms with Gasteiger partial charge in [-0.3, -0.25) is 4.57 Å². The zero-order chi connectivity index (χ0) is 24.5. The van der Waals surface area contributed by atoms with Crippen molar-refractivity contribution in [3.63, 3.8) is 0 Å². The minimum atomic E-state index is -4.70. The van der Waals surface area contributed by atoms with E-state index in [1.54, 1.807) is 6.20 Å². The summed E-state index contributed by atoms with van der Waals surface area (Å²) in [5, 5.41) is 0. The molecule has 1 fully saturated rings. The summed E-state index contributed by atoms with van der Waals surface area (Å²) in [6.07, 6.45) is 0.537. The van der Waals surface area contributed by atoms with Gasteiger partial charge < -0.3 is 23.8 Å². The van der Waals surface area contributed by atoms with Gasteiger partial charge in [-0.15, -0.1) is 13.2 Å². The Morgan fingerprint density at radius 1 is 1.00 bits per heavy atom. The molecular weight excluding hydrogens is 463 g/mol. The highest BCUT2D eigenvalue weighted by atomic mass is 19.4. The number of piperidine rings is 1. The first-order chi connectivity index (χ1) is 16.7. The van der Waals surface area contributed by atoms with Crippen molar-refractivity contribution in [2.75, 3.05) is 24.6 Å². The summed E-state index contributed by atoms with van der Waals surface area (Å²) in [6.45, 7) is 4.76. The van der Waals surface area contributed by atoms with E-state index in [-0.39, 0.29) is 11.9 Å². The van der Waals surface area contributed by atoms with Crippen LogP contribution in [0.1, 0.15) is 19.8 Å². The second-order valence-electron chi connectivity index (χ2n) is 9.00. The Hall–Kier alpha value is -3.56. The number of benzene rings is 2. The lowest BCUT2D eigenvalue weighted by atomic mass is 10.1. The summed E-state index contributed by atoms with van der Waals surface area (Å²) in [5.41, 5.74) is 0.656. The fraction of sp³-hybridized carbons (Fsp3) is 0.400. The highest BCUT2D eigenvalue weighted by molar-refractivity contribution is 5.49. The molecule has 1 aromatic heterocycles. The fourth-order valence-corrected chi connectivity index (χ4v) is 4.34. The first kappa shape index (κ1) is 23.2. The van der Waals surface area contributed by atoms with Crippen LogP contribution in [0.25, 0.3) is 0 Å². The maximum Gasteiger partial charge on any atom is 0.573 e. The maximum absolute atomic E-state index is 12.3. The molecule has 5 rings (SSSR count). The molecule has 10 heteroatoms. The lowest BCUT2D eigenvalue weighted by Gasteiger charge is -2.33. The summed E-state index contributed by atoms with van der Waals surface area (Å²) < 4.78 is 60.6. The number of aromatic nitrogens is 2. The molecule has 0 unspecified atom stereocenters. The van der Waals surface area contributed by atoms with Gasteiger partial charge in [-0.1, -0.05) is 0 Å². The monoisotopic (exact) mass is 489 g/mol. The normalized spacial score (nSPS) is 20.3. The molecule has 0 spiro atoms. The first-order valence-corrected chi connectivity index (χ1v) is 11.5. The van der Waals surface area contributed by atoms with E-state index in [2.05, 4.69) is 14.6 Å². The average molecular weight is 489 g/mol. The van der Waals surface area contributed by atoms with Crippen LogP contribution in [0, 0.1) is 0 Å². The summed E-state index contributed by atoms with van der Waals surface area (Å²) >= 11 is 0. The summed E-state index contributed by atoms with van der Waals surface area (Å²) in [4.78, 5) is 6.46. The van der Waals surface area contributed by atoms with Crippen molar-refractivity contribution in [2.45, 2.75) is 44.4 Å². The molecule has 0 saturated carbocycles. The van der Waals surface area contributed by atoms with E-state index in [1.165, 1.54) is 24.3 Å². The quantitative estimate of drug-likeness (QED) is 0.463. The molecule has 2 aliphatic rings. The topological polar surface area (TPSA) is 58.0 Å². The zero-order valence-electron chi connectivity index (χ0n) is 19.2. The van der Waals surface area contributed by atoms with Crippen LogP contribution in [0.15, 0.2) is 60.9 Å². The van der Waals surface area contributed by atoms with Crippen LogP contribution in [0.2, 0.25) is 0 Å². The number of anilines is 1. The molecule has 1 atom stereocenters. The van der Waals surface area contributed by atoms with Gasteiger partial charge in [0.15, 0.2) is 5.60 Å². The van der Waals surface area contributed by atoms with E-state index in [0.717, 1.165) is 37.4 Å². The Balaban J connectivity index is 1.07. The SMILES string of the molecule is C[C@]1(COc2ccc(N3CCC(Oc4ccc(OC(F)(F)F)cc4)CC3)cc2)Cn2ccnc2O1. The van der Waals surface area contributed by atoms with E-state index in [4.69, 9.17) is 14.2 Å². The van der Waals surface area contributed by atoms with Crippen molar-refractivity contribution in [3.8, 4) is 23.3 Å². The van der Waals surface area contributed by atoms with Crippen LogP contribution in [0.3, 0.4) is 0 Å². The number of hydrogen-bond acceptors (Lipinski definition) is 6. The molecule has 3 aromatic rings. The minimum Gasteiger partial charge on any atom is -0.490 e. The molecule has 2 aromatic carbocycles. The third-order valence-corrected chi connectivity index (χ3v) is 6.07. The number of hydrogen-bond donors (Lipinski definition) is 0. The molecule has 0 N–H and O–H groups in total. The van der Waals surface area contributed by atoms with Gasteiger partial charge in [0.25, 0.3) is 6.01 Å². The number of halogens is 3. The molecule has 0 bridgehead atoms. The molecule has 186 valence electrons. The standard InChI is InChI=1S/C25H26F3N3O4/c1-24(16-31-15-12-29-23(31)35-24)17-32-19-4-2-18(3-5-19)30-13-10-21(11-14-30)33-20-6-8-22(9-7-20)34-25(26,27)28/h2-9,12,15,21H,10-11,13-14,16-17H2,1H3/t24-/m1/s1. The third-order valence-electron chi connectivity index (χ3n) is 6.07. The predicted octanol–water partition coefficient (Wildman–Crippen LogP) is 5.06. The van der Waals surface area contributed by atoms with Gasteiger partial charge in [-0.25, -0.2) is 4.98 Å². The van der Waals surface area contributed by atoms with E-state index in [1.807, 2.05) is 42.0 Å². The van der Waals surface area contributed by atoms with Crippen LogP contribution in [0.5, 0.6) is 23.3 Å². The Morgan fingerprint density at radius 3 is 2.31 bits per heavy atom. The molecule has 0 amide bonds.